The molecule has 0 radical (unpaired) electrons. The van der Waals surface area contributed by atoms with Gasteiger partial charge in [0.25, 0.3) is 5.91 Å². The van der Waals surface area contributed by atoms with Gasteiger partial charge in [0.05, 0.1) is 0 Å². The molecule has 1 aromatic carbocycles. The summed E-state index contributed by atoms with van der Waals surface area (Å²) >= 11 is 0. The molecule has 3 aromatic rings. The molecule has 7 heteroatoms. The first-order valence-electron chi connectivity index (χ1n) is 8.81. The van der Waals surface area contributed by atoms with Gasteiger partial charge in [0.2, 0.25) is 5.95 Å². The van der Waals surface area contributed by atoms with Gasteiger partial charge in [-0.1, -0.05) is 18.2 Å². The second-order valence-corrected chi connectivity index (χ2v) is 6.28. The lowest BCUT2D eigenvalue weighted by Gasteiger charge is -2.34. The number of rotatable bonds is 5. The summed E-state index contributed by atoms with van der Waals surface area (Å²) in [5.74, 6) is 0.972. The number of furan rings is 1. The maximum Gasteiger partial charge on any atom is 0.287 e. The summed E-state index contributed by atoms with van der Waals surface area (Å²) in [5.41, 5.74) is 0.733. The molecule has 1 amide bonds. The normalized spacial score (nSPS) is 15.3. The summed E-state index contributed by atoms with van der Waals surface area (Å²) in [7, 11) is 0. The molecule has 7 nitrogen and oxygen atoms in total. The summed E-state index contributed by atoms with van der Waals surface area (Å²) in [5, 5.41) is 3.88. The number of aromatic nitrogens is 2. The minimum absolute atomic E-state index is 0.169. The number of carbonyl (C=O) groups is 1. The van der Waals surface area contributed by atoms with E-state index in [9.17, 15) is 4.79 Å². The van der Waals surface area contributed by atoms with Crippen molar-refractivity contribution in [3.05, 3.63) is 54.6 Å². The van der Waals surface area contributed by atoms with Crippen LogP contribution in [0.15, 0.2) is 53.2 Å². The summed E-state index contributed by atoms with van der Waals surface area (Å²) in [4.78, 5) is 25.3. The van der Waals surface area contributed by atoms with Crippen molar-refractivity contribution in [2.24, 2.45) is 0 Å². The number of nitrogens with zero attached hydrogens (tertiary/aromatic N) is 4. The fourth-order valence-electron chi connectivity index (χ4n) is 3.13. The molecule has 0 spiro atoms. The number of hydrogen-bond donors (Lipinski definition) is 1. The molecule has 134 valence electrons. The van der Waals surface area contributed by atoms with E-state index in [1.54, 1.807) is 18.5 Å². The molecule has 3 heterocycles. The number of fused-ring (bicyclic) bond motifs is 1. The van der Waals surface area contributed by atoms with Crippen molar-refractivity contribution < 1.29 is 9.21 Å². The summed E-state index contributed by atoms with van der Waals surface area (Å²) in [6.07, 6.45) is 3.53. The standard InChI is InChI=1S/C19H21N5O2/c25-18(17-14-15-4-1-2-5-16(15)26-17)20-8-9-23-10-12-24(13-11-23)19-21-6-3-7-22-19/h1-7,14H,8-13H2,(H,20,25). The molecule has 1 saturated heterocycles. The van der Waals surface area contributed by atoms with Crippen LogP contribution in [-0.2, 0) is 0 Å². The summed E-state index contributed by atoms with van der Waals surface area (Å²) in [6, 6.07) is 11.2. The van der Waals surface area contributed by atoms with Gasteiger partial charge in [0.1, 0.15) is 5.58 Å². The number of carbonyl (C=O) groups excluding carboxylic acids is 1. The second-order valence-electron chi connectivity index (χ2n) is 6.28. The van der Waals surface area contributed by atoms with Gasteiger partial charge in [0.15, 0.2) is 5.76 Å². The van der Waals surface area contributed by atoms with Gasteiger partial charge in [-0.15, -0.1) is 0 Å². The van der Waals surface area contributed by atoms with Crippen LogP contribution in [0, 0.1) is 0 Å². The van der Waals surface area contributed by atoms with Crippen LogP contribution in [0.4, 0.5) is 5.95 Å². The molecule has 26 heavy (non-hydrogen) atoms. The van der Waals surface area contributed by atoms with Gasteiger partial charge < -0.3 is 14.6 Å². The highest BCUT2D eigenvalue weighted by molar-refractivity contribution is 5.96. The van der Waals surface area contributed by atoms with E-state index in [2.05, 4.69) is 25.1 Å². The van der Waals surface area contributed by atoms with Crippen molar-refractivity contribution in [1.82, 2.24) is 20.2 Å². The topological polar surface area (TPSA) is 74.5 Å². The van der Waals surface area contributed by atoms with Crippen LogP contribution in [-0.4, -0.2) is 60.0 Å². The van der Waals surface area contributed by atoms with Crippen LogP contribution in [0.25, 0.3) is 11.0 Å². The predicted octanol–water partition coefficient (Wildman–Crippen LogP) is 1.77. The van der Waals surface area contributed by atoms with Crippen molar-refractivity contribution in [3.63, 3.8) is 0 Å². The first kappa shape index (κ1) is 16.5. The van der Waals surface area contributed by atoms with Crippen molar-refractivity contribution in [3.8, 4) is 0 Å². The van der Waals surface area contributed by atoms with Gasteiger partial charge >= 0.3 is 0 Å². The average molecular weight is 351 g/mol. The third-order valence-electron chi connectivity index (χ3n) is 4.57. The third-order valence-corrected chi connectivity index (χ3v) is 4.57. The van der Waals surface area contributed by atoms with Crippen molar-refractivity contribution in [2.75, 3.05) is 44.2 Å². The molecule has 0 atom stereocenters. The third kappa shape index (κ3) is 3.67. The molecule has 1 fully saturated rings. The Balaban J connectivity index is 1.23. The maximum atomic E-state index is 12.2. The largest absolute Gasteiger partial charge is 0.451 e. The molecule has 0 saturated carbocycles. The van der Waals surface area contributed by atoms with Crippen LogP contribution >= 0.6 is 0 Å². The van der Waals surface area contributed by atoms with Crippen LogP contribution < -0.4 is 10.2 Å². The van der Waals surface area contributed by atoms with Crippen LogP contribution in [0.1, 0.15) is 10.6 Å². The quantitative estimate of drug-likeness (QED) is 0.755. The van der Waals surface area contributed by atoms with Crippen molar-refractivity contribution >= 4 is 22.8 Å². The number of nitrogens with one attached hydrogen (secondary N) is 1. The number of hydrogen-bond acceptors (Lipinski definition) is 6. The zero-order valence-electron chi connectivity index (χ0n) is 14.5. The maximum absolute atomic E-state index is 12.2. The summed E-state index contributed by atoms with van der Waals surface area (Å²) < 4.78 is 5.59. The number of para-hydroxylation sites is 1. The highest BCUT2D eigenvalue weighted by atomic mass is 16.3. The monoisotopic (exact) mass is 351 g/mol. The van der Waals surface area contributed by atoms with E-state index in [0.29, 0.717) is 12.3 Å². The molecule has 0 bridgehead atoms. The Bertz CT molecular complexity index is 839. The Labute approximate surface area is 151 Å². The Morgan fingerprint density at radius 1 is 1.08 bits per heavy atom. The van der Waals surface area contributed by atoms with E-state index >= 15 is 0 Å². The molecule has 0 unspecified atom stereocenters. The highest BCUT2D eigenvalue weighted by Crippen LogP contribution is 2.18. The molecular weight excluding hydrogens is 330 g/mol. The highest BCUT2D eigenvalue weighted by Gasteiger charge is 2.19. The molecular formula is C19H21N5O2. The first-order chi connectivity index (χ1) is 12.8. The van der Waals surface area contributed by atoms with Crippen molar-refractivity contribution in [1.29, 1.82) is 0 Å². The molecule has 1 aliphatic heterocycles. The predicted molar refractivity (Wildman–Crippen MR) is 99.2 cm³/mol. The minimum atomic E-state index is -0.169. The smallest absolute Gasteiger partial charge is 0.287 e. The lowest BCUT2D eigenvalue weighted by atomic mass is 10.2. The van der Waals surface area contributed by atoms with Crippen LogP contribution in [0.3, 0.4) is 0 Å². The van der Waals surface area contributed by atoms with E-state index in [0.717, 1.165) is 49.6 Å². The minimum Gasteiger partial charge on any atom is -0.451 e. The van der Waals surface area contributed by atoms with Gasteiger partial charge in [-0.25, -0.2) is 9.97 Å². The Morgan fingerprint density at radius 3 is 2.62 bits per heavy atom. The zero-order valence-corrected chi connectivity index (χ0v) is 14.5. The number of piperazine rings is 1. The van der Waals surface area contributed by atoms with E-state index < -0.39 is 0 Å². The van der Waals surface area contributed by atoms with Gasteiger partial charge in [-0.3, -0.25) is 9.69 Å². The first-order valence-corrected chi connectivity index (χ1v) is 8.81. The zero-order chi connectivity index (χ0) is 17.8. The fourth-order valence-corrected chi connectivity index (χ4v) is 3.13. The van der Waals surface area contributed by atoms with Gasteiger partial charge in [0, 0.05) is 57.0 Å². The summed E-state index contributed by atoms with van der Waals surface area (Å²) in [6.45, 7) is 5.05. The van der Waals surface area contributed by atoms with Gasteiger partial charge in [-0.05, 0) is 18.2 Å². The second kappa shape index (κ2) is 7.53. The van der Waals surface area contributed by atoms with E-state index in [4.69, 9.17) is 4.42 Å². The SMILES string of the molecule is O=C(NCCN1CCN(c2ncccn2)CC1)c1cc2ccccc2o1. The number of anilines is 1. The Hall–Kier alpha value is -2.93. The van der Waals surface area contributed by atoms with E-state index in [1.807, 2.05) is 30.3 Å². The molecule has 4 rings (SSSR count). The Kier molecular flexibility index (Phi) is 4.79. The van der Waals surface area contributed by atoms with Gasteiger partial charge in [-0.2, -0.15) is 0 Å². The lowest BCUT2D eigenvalue weighted by Crippen LogP contribution is -2.49. The van der Waals surface area contributed by atoms with Crippen molar-refractivity contribution in [2.45, 2.75) is 0 Å². The average Bonchev–Trinajstić information content (AvgIpc) is 3.13. The molecule has 0 aliphatic carbocycles. The fraction of sp³-hybridized carbons (Fsp3) is 0.316. The van der Waals surface area contributed by atoms with Crippen LogP contribution in [0.2, 0.25) is 0 Å². The van der Waals surface area contributed by atoms with Crippen LogP contribution in [0.5, 0.6) is 0 Å². The number of benzene rings is 1. The number of amides is 1. The van der Waals surface area contributed by atoms with E-state index in [-0.39, 0.29) is 5.91 Å². The van der Waals surface area contributed by atoms with E-state index in [1.165, 1.54) is 0 Å². The lowest BCUT2D eigenvalue weighted by molar-refractivity contribution is 0.0922. The Morgan fingerprint density at radius 2 is 1.85 bits per heavy atom. The molecule has 1 aliphatic rings. The molecule has 1 N–H and O–H groups in total. The molecule has 2 aromatic heterocycles.